The van der Waals surface area contributed by atoms with Crippen LogP contribution in [0.1, 0.15) is 28.6 Å². The molecule has 1 amide bonds. The molecule has 6 nitrogen and oxygen atoms in total. The van der Waals surface area contributed by atoms with Crippen LogP contribution in [0.4, 0.5) is 5.69 Å². The lowest BCUT2D eigenvalue weighted by Gasteiger charge is -2.13. The van der Waals surface area contributed by atoms with Gasteiger partial charge in [-0.1, -0.05) is 17.7 Å². The maximum atomic E-state index is 12.4. The minimum Gasteiger partial charge on any atom is -0.449 e. The summed E-state index contributed by atoms with van der Waals surface area (Å²) in [4.78, 5) is 24.7. The molecule has 1 atom stereocenters. The standard InChI is InChI=1S/C20H15ClN2O4/c1-11-16-9-14(21)6-7-17(16)27-18(11)20(25)26-12(2)19(24)23-15-5-3-4-13(8-15)10-22/h3-9,12H,1-2H3,(H,23,24)/t12-/m0/s1. The molecule has 1 heterocycles. The first-order chi connectivity index (χ1) is 12.9. The average Bonchev–Trinajstić information content (AvgIpc) is 2.98. The molecule has 0 radical (unpaired) electrons. The lowest BCUT2D eigenvalue weighted by atomic mass is 10.1. The molecule has 3 aromatic rings. The van der Waals surface area contributed by atoms with E-state index >= 15 is 0 Å². The van der Waals surface area contributed by atoms with Crippen molar-refractivity contribution in [1.82, 2.24) is 0 Å². The van der Waals surface area contributed by atoms with Crippen molar-refractivity contribution < 1.29 is 18.7 Å². The van der Waals surface area contributed by atoms with Gasteiger partial charge in [0.05, 0.1) is 11.6 Å². The topological polar surface area (TPSA) is 92.3 Å². The number of nitrogens with zero attached hydrogens (tertiary/aromatic N) is 1. The van der Waals surface area contributed by atoms with E-state index in [9.17, 15) is 9.59 Å². The molecule has 136 valence electrons. The highest BCUT2D eigenvalue weighted by Crippen LogP contribution is 2.28. The maximum Gasteiger partial charge on any atom is 0.375 e. The van der Waals surface area contributed by atoms with Crippen molar-refractivity contribution in [2.45, 2.75) is 20.0 Å². The van der Waals surface area contributed by atoms with Gasteiger partial charge in [-0.05, 0) is 50.2 Å². The lowest BCUT2D eigenvalue weighted by Crippen LogP contribution is -2.30. The molecular weight excluding hydrogens is 368 g/mol. The molecule has 7 heteroatoms. The minimum absolute atomic E-state index is 0.0263. The summed E-state index contributed by atoms with van der Waals surface area (Å²) in [6.45, 7) is 3.17. The van der Waals surface area contributed by atoms with E-state index in [4.69, 9.17) is 26.0 Å². The van der Waals surface area contributed by atoms with Gasteiger partial charge in [-0.25, -0.2) is 4.79 Å². The van der Waals surface area contributed by atoms with E-state index in [2.05, 4.69) is 5.32 Å². The number of carbonyl (C=O) groups is 2. The van der Waals surface area contributed by atoms with E-state index in [1.165, 1.54) is 13.0 Å². The zero-order valence-corrected chi connectivity index (χ0v) is 15.3. The summed E-state index contributed by atoms with van der Waals surface area (Å²) < 4.78 is 10.8. The normalized spacial score (nSPS) is 11.6. The molecule has 0 saturated heterocycles. The molecule has 0 aliphatic carbocycles. The molecular formula is C20H15ClN2O4. The van der Waals surface area contributed by atoms with Gasteiger partial charge in [-0.15, -0.1) is 0 Å². The molecule has 1 aromatic heterocycles. The molecule has 2 aromatic carbocycles. The molecule has 0 aliphatic heterocycles. The van der Waals surface area contributed by atoms with Gasteiger partial charge in [0.15, 0.2) is 6.10 Å². The Morgan fingerprint density at radius 1 is 1.26 bits per heavy atom. The SMILES string of the molecule is Cc1c(C(=O)O[C@@H](C)C(=O)Nc2cccc(C#N)c2)oc2ccc(Cl)cc12. The molecule has 0 unspecified atom stereocenters. The van der Waals surface area contributed by atoms with Crippen molar-refractivity contribution in [2.75, 3.05) is 5.32 Å². The number of benzene rings is 2. The molecule has 0 fully saturated rings. The molecule has 0 saturated carbocycles. The van der Waals surface area contributed by atoms with Crippen LogP contribution in [0.2, 0.25) is 5.02 Å². The zero-order valence-electron chi connectivity index (χ0n) is 14.6. The third kappa shape index (κ3) is 3.94. The molecule has 27 heavy (non-hydrogen) atoms. The summed E-state index contributed by atoms with van der Waals surface area (Å²) in [5, 5.41) is 12.7. The Morgan fingerprint density at radius 2 is 2.04 bits per heavy atom. The number of rotatable bonds is 4. The Kier molecular flexibility index (Phi) is 5.15. The van der Waals surface area contributed by atoms with E-state index < -0.39 is 18.0 Å². The Hall–Kier alpha value is -3.30. The van der Waals surface area contributed by atoms with Crippen LogP contribution in [-0.4, -0.2) is 18.0 Å². The highest BCUT2D eigenvalue weighted by molar-refractivity contribution is 6.31. The van der Waals surface area contributed by atoms with Gasteiger partial charge < -0.3 is 14.5 Å². The number of furan rings is 1. The van der Waals surface area contributed by atoms with E-state index in [0.717, 1.165) is 0 Å². The van der Waals surface area contributed by atoms with Gasteiger partial charge in [0, 0.05) is 21.7 Å². The van der Waals surface area contributed by atoms with Crippen LogP contribution in [0.25, 0.3) is 11.0 Å². The number of amides is 1. The Morgan fingerprint density at radius 3 is 2.78 bits per heavy atom. The predicted molar refractivity (Wildman–Crippen MR) is 101 cm³/mol. The van der Waals surface area contributed by atoms with E-state index in [-0.39, 0.29) is 5.76 Å². The second-order valence-corrected chi connectivity index (χ2v) is 6.36. The summed E-state index contributed by atoms with van der Waals surface area (Å²) in [5.74, 6) is -1.23. The molecule has 0 bridgehead atoms. The van der Waals surface area contributed by atoms with Gasteiger partial charge in [0.25, 0.3) is 5.91 Å². The Labute approximate surface area is 160 Å². The first kappa shape index (κ1) is 18.5. The van der Waals surface area contributed by atoms with Gasteiger partial charge in [0.2, 0.25) is 5.76 Å². The van der Waals surface area contributed by atoms with Crippen LogP contribution in [0.3, 0.4) is 0 Å². The molecule has 0 aliphatic rings. The fraction of sp³-hybridized carbons (Fsp3) is 0.150. The Balaban J connectivity index is 1.72. The van der Waals surface area contributed by atoms with E-state index in [1.54, 1.807) is 43.3 Å². The number of nitrogens with one attached hydrogen (secondary N) is 1. The fourth-order valence-corrected chi connectivity index (χ4v) is 2.74. The van der Waals surface area contributed by atoms with Crippen molar-refractivity contribution in [3.8, 4) is 6.07 Å². The summed E-state index contributed by atoms with van der Waals surface area (Å²) in [6.07, 6.45) is -1.06. The van der Waals surface area contributed by atoms with Crippen molar-refractivity contribution in [1.29, 1.82) is 5.26 Å². The van der Waals surface area contributed by atoms with Crippen LogP contribution in [0, 0.1) is 18.3 Å². The Bertz CT molecular complexity index is 1080. The number of carbonyl (C=O) groups excluding carboxylic acids is 2. The summed E-state index contributed by atoms with van der Waals surface area (Å²) in [7, 11) is 0. The third-order valence-corrected chi connectivity index (χ3v) is 4.23. The van der Waals surface area contributed by atoms with Gasteiger partial charge in [-0.3, -0.25) is 4.79 Å². The van der Waals surface area contributed by atoms with Gasteiger partial charge in [0.1, 0.15) is 5.58 Å². The van der Waals surface area contributed by atoms with Crippen LogP contribution >= 0.6 is 11.6 Å². The third-order valence-electron chi connectivity index (χ3n) is 4.00. The van der Waals surface area contributed by atoms with Crippen molar-refractivity contribution in [3.05, 3.63) is 64.4 Å². The first-order valence-corrected chi connectivity index (χ1v) is 8.47. The number of fused-ring (bicyclic) bond motifs is 1. The highest BCUT2D eigenvalue weighted by Gasteiger charge is 2.24. The highest BCUT2D eigenvalue weighted by atomic mass is 35.5. The summed E-state index contributed by atoms with van der Waals surface area (Å²) in [6, 6.07) is 13.4. The summed E-state index contributed by atoms with van der Waals surface area (Å²) >= 11 is 5.97. The van der Waals surface area contributed by atoms with Crippen LogP contribution < -0.4 is 5.32 Å². The number of hydrogen-bond donors (Lipinski definition) is 1. The minimum atomic E-state index is -1.06. The number of anilines is 1. The van der Waals surface area contributed by atoms with Crippen molar-refractivity contribution in [2.24, 2.45) is 0 Å². The second kappa shape index (κ2) is 7.52. The lowest BCUT2D eigenvalue weighted by molar-refractivity contribution is -0.123. The first-order valence-electron chi connectivity index (χ1n) is 8.09. The maximum absolute atomic E-state index is 12.4. The van der Waals surface area contributed by atoms with E-state index in [0.29, 0.717) is 32.8 Å². The molecule has 1 N–H and O–H groups in total. The number of aryl methyl sites for hydroxylation is 1. The van der Waals surface area contributed by atoms with Gasteiger partial charge in [-0.2, -0.15) is 5.26 Å². The van der Waals surface area contributed by atoms with Crippen LogP contribution in [0.5, 0.6) is 0 Å². The smallest absolute Gasteiger partial charge is 0.375 e. The quantitative estimate of drug-likeness (QED) is 0.673. The van der Waals surface area contributed by atoms with Crippen molar-refractivity contribution in [3.63, 3.8) is 0 Å². The average molecular weight is 383 g/mol. The van der Waals surface area contributed by atoms with E-state index in [1.807, 2.05) is 6.07 Å². The summed E-state index contributed by atoms with van der Waals surface area (Å²) in [5.41, 5.74) is 1.95. The van der Waals surface area contributed by atoms with Gasteiger partial charge >= 0.3 is 5.97 Å². The predicted octanol–water partition coefficient (Wildman–Crippen LogP) is 4.45. The molecule has 3 rings (SSSR count). The largest absolute Gasteiger partial charge is 0.449 e. The molecule has 0 spiro atoms. The number of esters is 1. The van der Waals surface area contributed by atoms with Crippen molar-refractivity contribution >= 4 is 40.1 Å². The zero-order chi connectivity index (χ0) is 19.6. The number of hydrogen-bond acceptors (Lipinski definition) is 5. The fourth-order valence-electron chi connectivity index (χ4n) is 2.57. The monoisotopic (exact) mass is 382 g/mol. The second-order valence-electron chi connectivity index (χ2n) is 5.93. The van der Waals surface area contributed by atoms with Crippen LogP contribution in [-0.2, 0) is 9.53 Å². The number of nitriles is 1. The van der Waals surface area contributed by atoms with Crippen LogP contribution in [0.15, 0.2) is 46.9 Å². The number of halogens is 1. The number of ether oxygens (including phenoxy) is 1.